The van der Waals surface area contributed by atoms with Crippen LogP contribution in [-0.2, 0) is 23.1 Å². The zero-order chi connectivity index (χ0) is 22.9. The molecule has 7 heteroatoms. The van der Waals surface area contributed by atoms with Gasteiger partial charge in [-0.05, 0) is 67.8 Å². The number of aromatic amines is 1. The molecule has 0 aliphatic rings. The summed E-state index contributed by atoms with van der Waals surface area (Å²) in [4.78, 5) is 20.1. The Balaban J connectivity index is 1.79. The maximum Gasteiger partial charge on any atom is 0.252 e. The van der Waals surface area contributed by atoms with Gasteiger partial charge in [-0.25, -0.2) is 8.42 Å². The number of fused-ring (bicyclic) bond motifs is 1. The number of nitrogens with zero attached hydrogens (tertiary/aromatic N) is 2. The van der Waals surface area contributed by atoms with Crippen molar-refractivity contribution in [1.82, 2.24) is 14.3 Å². The number of rotatable bonds is 6. The van der Waals surface area contributed by atoms with Gasteiger partial charge in [-0.2, -0.15) is 4.31 Å². The van der Waals surface area contributed by atoms with Gasteiger partial charge >= 0.3 is 0 Å². The van der Waals surface area contributed by atoms with Crippen molar-refractivity contribution in [3.63, 3.8) is 0 Å². The minimum Gasteiger partial charge on any atom is -0.322 e. The first-order valence-corrected chi connectivity index (χ1v) is 11.8. The van der Waals surface area contributed by atoms with E-state index in [1.807, 2.05) is 39.0 Å². The van der Waals surface area contributed by atoms with E-state index in [0.717, 1.165) is 33.2 Å². The third-order valence-corrected chi connectivity index (χ3v) is 7.28. The fourth-order valence-corrected chi connectivity index (χ4v) is 5.21. The lowest BCUT2D eigenvalue weighted by atomic mass is 10.0. The Morgan fingerprint density at radius 1 is 0.938 bits per heavy atom. The van der Waals surface area contributed by atoms with E-state index in [0.29, 0.717) is 5.56 Å². The lowest BCUT2D eigenvalue weighted by molar-refractivity contribution is 0.399. The highest BCUT2D eigenvalue weighted by Gasteiger charge is 2.26. The third-order valence-electron chi connectivity index (χ3n) is 5.48. The number of H-pyrrole nitrogens is 1. The predicted molar refractivity (Wildman–Crippen MR) is 126 cm³/mol. The van der Waals surface area contributed by atoms with Crippen molar-refractivity contribution in [3.8, 4) is 0 Å². The Kier molecular flexibility index (Phi) is 5.95. The number of pyridine rings is 2. The topological polar surface area (TPSA) is 83.1 Å². The second-order valence-electron chi connectivity index (χ2n) is 8.11. The van der Waals surface area contributed by atoms with Crippen molar-refractivity contribution < 1.29 is 8.42 Å². The first kappa shape index (κ1) is 21.9. The average molecular weight is 448 g/mol. The molecule has 2 aromatic heterocycles. The molecular formula is C25H25N3O3S. The number of nitrogens with one attached hydrogen (secondary N) is 1. The van der Waals surface area contributed by atoms with Crippen LogP contribution in [0.3, 0.4) is 0 Å². The predicted octanol–water partition coefficient (Wildman–Crippen LogP) is 4.24. The van der Waals surface area contributed by atoms with Crippen LogP contribution in [0, 0.1) is 20.8 Å². The normalized spacial score (nSPS) is 11.9. The average Bonchev–Trinajstić information content (AvgIpc) is 2.75. The molecule has 0 aliphatic carbocycles. The van der Waals surface area contributed by atoms with Gasteiger partial charge in [0.25, 0.3) is 5.56 Å². The van der Waals surface area contributed by atoms with E-state index in [4.69, 9.17) is 0 Å². The van der Waals surface area contributed by atoms with Crippen molar-refractivity contribution in [2.24, 2.45) is 0 Å². The fourth-order valence-electron chi connectivity index (χ4n) is 3.80. The molecule has 164 valence electrons. The van der Waals surface area contributed by atoms with Crippen molar-refractivity contribution in [3.05, 3.63) is 105 Å². The van der Waals surface area contributed by atoms with E-state index in [1.54, 1.807) is 48.8 Å². The second kappa shape index (κ2) is 8.68. The van der Waals surface area contributed by atoms with Crippen molar-refractivity contribution in [1.29, 1.82) is 0 Å². The molecule has 1 N–H and O–H groups in total. The number of hydrogen-bond donors (Lipinski definition) is 1. The Morgan fingerprint density at radius 2 is 1.69 bits per heavy atom. The third kappa shape index (κ3) is 4.49. The highest BCUT2D eigenvalue weighted by Crippen LogP contribution is 2.23. The Morgan fingerprint density at radius 3 is 2.38 bits per heavy atom. The van der Waals surface area contributed by atoms with Gasteiger partial charge in [0.15, 0.2) is 0 Å². The van der Waals surface area contributed by atoms with Crippen LogP contribution < -0.4 is 5.56 Å². The molecule has 0 amide bonds. The maximum atomic E-state index is 13.5. The molecule has 0 aliphatic heterocycles. The first-order valence-electron chi connectivity index (χ1n) is 10.3. The van der Waals surface area contributed by atoms with Gasteiger partial charge in [0.2, 0.25) is 10.0 Å². The molecule has 2 aromatic carbocycles. The van der Waals surface area contributed by atoms with Gasteiger partial charge in [-0.3, -0.25) is 9.78 Å². The second-order valence-corrected chi connectivity index (χ2v) is 10.1. The summed E-state index contributed by atoms with van der Waals surface area (Å²) < 4.78 is 28.4. The molecule has 6 nitrogen and oxygen atoms in total. The van der Waals surface area contributed by atoms with E-state index in [9.17, 15) is 13.2 Å². The summed E-state index contributed by atoms with van der Waals surface area (Å²) in [6, 6.07) is 16.1. The van der Waals surface area contributed by atoms with E-state index < -0.39 is 10.0 Å². The summed E-state index contributed by atoms with van der Waals surface area (Å²) >= 11 is 0. The molecular weight excluding hydrogens is 422 g/mol. The molecule has 0 atom stereocenters. The summed E-state index contributed by atoms with van der Waals surface area (Å²) in [7, 11) is -3.85. The summed E-state index contributed by atoms with van der Waals surface area (Å²) in [5.74, 6) is 0. The molecule has 0 unspecified atom stereocenters. The highest BCUT2D eigenvalue weighted by atomic mass is 32.2. The lowest BCUT2D eigenvalue weighted by Gasteiger charge is -2.22. The van der Waals surface area contributed by atoms with E-state index in [-0.39, 0.29) is 23.5 Å². The van der Waals surface area contributed by atoms with Gasteiger partial charge in [0.05, 0.1) is 4.90 Å². The Labute approximate surface area is 187 Å². The standard InChI is InChI=1S/C25H25N3O3S/c1-17-6-8-22(9-7-17)32(30,31)28(15-20-5-4-10-26-14-20)16-21-13-23-19(3)11-18(2)12-24(23)27-25(21)29/h4-14H,15-16H2,1-3H3,(H,27,29). The van der Waals surface area contributed by atoms with Crippen LogP contribution in [-0.4, -0.2) is 22.7 Å². The number of aryl methyl sites for hydroxylation is 3. The minimum atomic E-state index is -3.85. The lowest BCUT2D eigenvalue weighted by Crippen LogP contribution is -2.32. The molecule has 0 spiro atoms. The SMILES string of the molecule is Cc1ccc(S(=O)(=O)N(Cc2cccnc2)Cc2cc3c(C)cc(C)cc3[nH]c2=O)cc1. The van der Waals surface area contributed by atoms with E-state index in [2.05, 4.69) is 9.97 Å². The first-order chi connectivity index (χ1) is 15.2. The van der Waals surface area contributed by atoms with Crippen LogP contribution in [0.5, 0.6) is 0 Å². The number of sulfonamides is 1. The van der Waals surface area contributed by atoms with Gasteiger partial charge in [-0.15, -0.1) is 0 Å². The van der Waals surface area contributed by atoms with Crippen molar-refractivity contribution in [2.45, 2.75) is 38.8 Å². The van der Waals surface area contributed by atoms with E-state index >= 15 is 0 Å². The van der Waals surface area contributed by atoms with Gasteiger partial charge < -0.3 is 4.98 Å². The van der Waals surface area contributed by atoms with Crippen LogP contribution in [0.15, 0.2) is 76.7 Å². The zero-order valence-electron chi connectivity index (χ0n) is 18.3. The quantitative estimate of drug-likeness (QED) is 0.479. The van der Waals surface area contributed by atoms with Crippen LogP contribution in [0.25, 0.3) is 10.9 Å². The molecule has 32 heavy (non-hydrogen) atoms. The molecule has 0 fully saturated rings. The van der Waals surface area contributed by atoms with Gasteiger partial charge in [-0.1, -0.05) is 29.8 Å². The van der Waals surface area contributed by atoms with Crippen molar-refractivity contribution >= 4 is 20.9 Å². The molecule has 0 saturated heterocycles. The summed E-state index contributed by atoms with van der Waals surface area (Å²) in [5.41, 5.74) is 4.64. The monoisotopic (exact) mass is 447 g/mol. The molecule has 2 heterocycles. The van der Waals surface area contributed by atoms with Gasteiger partial charge in [0.1, 0.15) is 0 Å². The fraction of sp³-hybridized carbons (Fsp3) is 0.200. The van der Waals surface area contributed by atoms with Crippen LogP contribution in [0.2, 0.25) is 0 Å². The molecule has 4 aromatic rings. The van der Waals surface area contributed by atoms with Crippen LogP contribution in [0.4, 0.5) is 0 Å². The van der Waals surface area contributed by atoms with Gasteiger partial charge in [0, 0.05) is 41.9 Å². The van der Waals surface area contributed by atoms with E-state index in [1.165, 1.54) is 4.31 Å². The van der Waals surface area contributed by atoms with Crippen LogP contribution >= 0.6 is 0 Å². The zero-order valence-corrected chi connectivity index (χ0v) is 19.1. The Bertz CT molecular complexity index is 1430. The minimum absolute atomic E-state index is 0.0519. The van der Waals surface area contributed by atoms with Crippen molar-refractivity contribution in [2.75, 3.05) is 0 Å². The highest BCUT2D eigenvalue weighted by molar-refractivity contribution is 7.89. The molecule has 4 rings (SSSR count). The smallest absolute Gasteiger partial charge is 0.252 e. The number of aromatic nitrogens is 2. The summed E-state index contributed by atoms with van der Waals surface area (Å²) in [6.07, 6.45) is 3.27. The van der Waals surface area contributed by atoms with Crippen LogP contribution in [0.1, 0.15) is 27.8 Å². The Hall–Kier alpha value is -3.29. The molecule has 0 radical (unpaired) electrons. The number of hydrogen-bond acceptors (Lipinski definition) is 4. The summed E-state index contributed by atoms with van der Waals surface area (Å²) in [6.45, 7) is 5.91. The summed E-state index contributed by atoms with van der Waals surface area (Å²) in [5, 5.41) is 0.902. The molecule has 0 bridgehead atoms. The largest absolute Gasteiger partial charge is 0.322 e. The number of benzene rings is 2. The molecule has 0 saturated carbocycles. The maximum absolute atomic E-state index is 13.5.